The Morgan fingerprint density at radius 1 is 0.844 bits per heavy atom. The van der Waals surface area contributed by atoms with E-state index in [-0.39, 0.29) is 17.9 Å². The number of aliphatic hydroxyl groups excluding tert-OH is 1. The zero-order valence-corrected chi connectivity index (χ0v) is 17.1. The van der Waals surface area contributed by atoms with Crippen molar-refractivity contribution in [3.05, 3.63) is 114 Å². The van der Waals surface area contributed by atoms with Gasteiger partial charge in [-0.05, 0) is 41.1 Å². The van der Waals surface area contributed by atoms with Crippen LogP contribution in [0.5, 0.6) is 0 Å². The first kappa shape index (κ1) is 19.6. The summed E-state index contributed by atoms with van der Waals surface area (Å²) >= 11 is 0. The van der Waals surface area contributed by atoms with Crippen LogP contribution < -0.4 is 0 Å². The number of likely N-dealkylation sites (tertiary alicyclic amines) is 1. The standard InChI is InChI=1S/C26H19N3O3/c30-24(19-12-11-17-7-1-2-8-18(17)15-19)22-23(21-10-4-6-14-28-21)29(26(32)25(22)31)16-20-9-3-5-13-27-20/h1-15,23,30H,16H2/b24-22-. The maximum absolute atomic E-state index is 13.1. The number of Topliss-reactive ketones (excluding diaryl/α,β-unsaturated/α-hetero) is 1. The highest BCUT2D eigenvalue weighted by Crippen LogP contribution is 2.39. The van der Waals surface area contributed by atoms with Gasteiger partial charge in [0.2, 0.25) is 0 Å². The highest BCUT2D eigenvalue weighted by Gasteiger charge is 2.46. The fourth-order valence-corrected chi connectivity index (χ4v) is 4.05. The molecule has 0 radical (unpaired) electrons. The van der Waals surface area contributed by atoms with Gasteiger partial charge < -0.3 is 10.0 Å². The first-order valence-electron chi connectivity index (χ1n) is 10.2. The summed E-state index contributed by atoms with van der Waals surface area (Å²) in [7, 11) is 0. The van der Waals surface area contributed by atoms with Gasteiger partial charge in [0.05, 0.1) is 23.5 Å². The predicted molar refractivity (Wildman–Crippen MR) is 120 cm³/mol. The van der Waals surface area contributed by atoms with Crippen LogP contribution in [0.3, 0.4) is 0 Å². The molecule has 1 N–H and O–H groups in total. The molecule has 1 saturated heterocycles. The summed E-state index contributed by atoms with van der Waals surface area (Å²) < 4.78 is 0. The van der Waals surface area contributed by atoms with Crippen LogP contribution in [-0.2, 0) is 16.1 Å². The third kappa shape index (κ3) is 3.41. The minimum Gasteiger partial charge on any atom is -0.507 e. The van der Waals surface area contributed by atoms with Crippen molar-refractivity contribution in [2.75, 3.05) is 0 Å². The van der Waals surface area contributed by atoms with Crippen molar-refractivity contribution < 1.29 is 14.7 Å². The van der Waals surface area contributed by atoms with E-state index in [4.69, 9.17) is 0 Å². The molecule has 6 nitrogen and oxygen atoms in total. The molecule has 3 heterocycles. The number of pyridine rings is 2. The second-order valence-corrected chi connectivity index (χ2v) is 7.56. The number of carbonyl (C=O) groups excluding carboxylic acids is 2. The van der Waals surface area contributed by atoms with Gasteiger partial charge in [-0.1, -0.05) is 48.5 Å². The average Bonchev–Trinajstić information content (AvgIpc) is 3.09. The van der Waals surface area contributed by atoms with E-state index in [0.29, 0.717) is 17.0 Å². The fourth-order valence-electron chi connectivity index (χ4n) is 4.05. The van der Waals surface area contributed by atoms with Crippen LogP contribution in [0.2, 0.25) is 0 Å². The van der Waals surface area contributed by atoms with E-state index in [1.165, 1.54) is 4.90 Å². The number of hydrogen-bond acceptors (Lipinski definition) is 5. The molecule has 156 valence electrons. The van der Waals surface area contributed by atoms with Crippen molar-refractivity contribution in [2.24, 2.45) is 0 Å². The molecule has 1 unspecified atom stereocenters. The second-order valence-electron chi connectivity index (χ2n) is 7.56. The molecule has 4 aromatic rings. The Balaban J connectivity index is 1.66. The number of aliphatic hydroxyl groups is 1. The summed E-state index contributed by atoms with van der Waals surface area (Å²) in [4.78, 5) is 36.2. The first-order chi connectivity index (χ1) is 15.6. The molecular formula is C26H19N3O3. The Hall–Kier alpha value is -4.32. The van der Waals surface area contributed by atoms with Crippen LogP contribution >= 0.6 is 0 Å². The Bertz CT molecular complexity index is 1350. The highest BCUT2D eigenvalue weighted by atomic mass is 16.3. The van der Waals surface area contributed by atoms with E-state index >= 15 is 0 Å². The van der Waals surface area contributed by atoms with Crippen molar-refractivity contribution in [2.45, 2.75) is 12.6 Å². The Kier molecular flexibility index (Phi) is 4.95. The van der Waals surface area contributed by atoms with Crippen LogP contribution in [0.1, 0.15) is 23.0 Å². The number of hydrogen-bond donors (Lipinski definition) is 1. The van der Waals surface area contributed by atoms with Gasteiger partial charge >= 0.3 is 0 Å². The van der Waals surface area contributed by atoms with Gasteiger partial charge in [0.15, 0.2) is 0 Å². The van der Waals surface area contributed by atoms with Gasteiger partial charge in [-0.25, -0.2) is 0 Å². The topological polar surface area (TPSA) is 83.4 Å². The van der Waals surface area contributed by atoms with Gasteiger partial charge in [0.1, 0.15) is 11.8 Å². The molecule has 1 aliphatic heterocycles. The molecule has 0 saturated carbocycles. The first-order valence-corrected chi connectivity index (χ1v) is 10.2. The molecule has 0 spiro atoms. The zero-order valence-electron chi connectivity index (χ0n) is 17.1. The van der Waals surface area contributed by atoms with Gasteiger partial charge in [-0.2, -0.15) is 0 Å². The lowest BCUT2D eigenvalue weighted by Gasteiger charge is -2.24. The molecule has 0 bridgehead atoms. The summed E-state index contributed by atoms with van der Waals surface area (Å²) in [5, 5.41) is 13.2. The minimum absolute atomic E-state index is 0.0277. The maximum Gasteiger partial charge on any atom is 0.296 e. The highest BCUT2D eigenvalue weighted by molar-refractivity contribution is 6.46. The van der Waals surface area contributed by atoms with Gasteiger partial charge in [0, 0.05) is 18.0 Å². The number of aromatic nitrogens is 2. The van der Waals surface area contributed by atoms with Crippen LogP contribution in [-0.4, -0.2) is 31.7 Å². The van der Waals surface area contributed by atoms with Crippen LogP contribution in [0.15, 0.2) is 96.8 Å². The van der Waals surface area contributed by atoms with E-state index in [1.54, 1.807) is 48.8 Å². The van der Waals surface area contributed by atoms with Crippen molar-refractivity contribution in [1.82, 2.24) is 14.9 Å². The second kappa shape index (κ2) is 8.07. The van der Waals surface area contributed by atoms with Crippen LogP contribution in [0, 0.1) is 0 Å². The van der Waals surface area contributed by atoms with Crippen molar-refractivity contribution in [3.8, 4) is 0 Å². The van der Waals surface area contributed by atoms with Crippen molar-refractivity contribution >= 4 is 28.2 Å². The number of rotatable bonds is 4. The lowest BCUT2D eigenvalue weighted by Crippen LogP contribution is -2.29. The molecule has 1 aliphatic rings. The number of benzene rings is 2. The zero-order chi connectivity index (χ0) is 22.1. The molecule has 2 aromatic carbocycles. The number of carbonyl (C=O) groups is 2. The quantitative estimate of drug-likeness (QED) is 0.303. The summed E-state index contributed by atoms with van der Waals surface area (Å²) in [6.45, 7) is 0.126. The molecular weight excluding hydrogens is 402 g/mol. The molecule has 6 heteroatoms. The van der Waals surface area contributed by atoms with E-state index in [0.717, 1.165) is 10.8 Å². The van der Waals surface area contributed by atoms with E-state index in [2.05, 4.69) is 9.97 Å². The molecule has 1 atom stereocenters. The Labute approximate surface area is 184 Å². The van der Waals surface area contributed by atoms with Gasteiger partial charge in [0.25, 0.3) is 11.7 Å². The third-order valence-corrected chi connectivity index (χ3v) is 5.59. The SMILES string of the molecule is O=C1C(=O)N(Cc2ccccn2)C(c2ccccn2)/C1=C(/O)c1ccc2ccccc2c1. The fraction of sp³-hybridized carbons (Fsp3) is 0.0769. The summed E-state index contributed by atoms with van der Waals surface area (Å²) in [5.41, 5.74) is 1.64. The van der Waals surface area contributed by atoms with Crippen molar-refractivity contribution in [1.29, 1.82) is 0 Å². The number of amides is 1. The molecule has 1 amide bonds. The molecule has 2 aromatic heterocycles. The minimum atomic E-state index is -0.815. The van der Waals surface area contributed by atoms with Crippen LogP contribution in [0.4, 0.5) is 0 Å². The summed E-state index contributed by atoms with van der Waals surface area (Å²) in [6.07, 6.45) is 3.24. The number of nitrogens with zero attached hydrogens (tertiary/aromatic N) is 3. The monoisotopic (exact) mass is 421 g/mol. The van der Waals surface area contributed by atoms with E-state index in [9.17, 15) is 14.7 Å². The normalized spacial score (nSPS) is 17.8. The van der Waals surface area contributed by atoms with E-state index in [1.807, 2.05) is 42.5 Å². The van der Waals surface area contributed by atoms with Crippen molar-refractivity contribution in [3.63, 3.8) is 0 Å². The maximum atomic E-state index is 13.1. The summed E-state index contributed by atoms with van der Waals surface area (Å²) in [6, 6.07) is 23.1. The number of fused-ring (bicyclic) bond motifs is 1. The molecule has 5 rings (SSSR count). The van der Waals surface area contributed by atoms with Gasteiger partial charge in [-0.3, -0.25) is 19.6 Å². The smallest absolute Gasteiger partial charge is 0.296 e. The lowest BCUT2D eigenvalue weighted by molar-refractivity contribution is -0.140. The van der Waals surface area contributed by atoms with E-state index < -0.39 is 17.7 Å². The third-order valence-electron chi connectivity index (χ3n) is 5.59. The lowest BCUT2D eigenvalue weighted by atomic mass is 9.97. The average molecular weight is 421 g/mol. The molecule has 1 fully saturated rings. The predicted octanol–water partition coefficient (Wildman–Crippen LogP) is 4.25. The number of ketones is 1. The van der Waals surface area contributed by atoms with Crippen LogP contribution in [0.25, 0.3) is 16.5 Å². The molecule has 0 aliphatic carbocycles. The Morgan fingerprint density at radius 2 is 1.56 bits per heavy atom. The van der Waals surface area contributed by atoms with Gasteiger partial charge in [-0.15, -0.1) is 0 Å². The Morgan fingerprint density at radius 3 is 2.28 bits per heavy atom. The summed E-state index contributed by atoms with van der Waals surface area (Å²) in [5.74, 6) is -1.64. The molecule has 32 heavy (non-hydrogen) atoms. The largest absolute Gasteiger partial charge is 0.507 e.